The van der Waals surface area contributed by atoms with Crippen molar-refractivity contribution in [3.63, 3.8) is 0 Å². The molecule has 1 saturated carbocycles. The first-order valence-corrected chi connectivity index (χ1v) is 7.08. The summed E-state index contributed by atoms with van der Waals surface area (Å²) >= 11 is 3.45. The molecule has 0 saturated heterocycles. The Kier molecular flexibility index (Phi) is 2.66. The van der Waals surface area contributed by atoms with Gasteiger partial charge in [-0.25, -0.2) is 0 Å². The van der Waals surface area contributed by atoms with Crippen LogP contribution in [0, 0.1) is 0 Å². The van der Waals surface area contributed by atoms with Gasteiger partial charge in [0.05, 0.1) is 11.1 Å². The molecule has 0 radical (unpaired) electrons. The average molecular weight is 308 g/mol. The fourth-order valence-electron chi connectivity index (χ4n) is 2.12. The molecule has 0 spiro atoms. The number of amides is 1. The van der Waals surface area contributed by atoms with Crippen LogP contribution < -0.4 is 5.32 Å². The molecular formula is C13H14BrN3O. The topological polar surface area (TPSA) is 46.9 Å². The summed E-state index contributed by atoms with van der Waals surface area (Å²) in [6.07, 6.45) is 2.07. The zero-order valence-corrected chi connectivity index (χ0v) is 11.7. The Morgan fingerprint density at radius 1 is 1.50 bits per heavy atom. The molecular weight excluding hydrogens is 294 g/mol. The number of hydrogen-bond donors (Lipinski definition) is 1. The molecule has 4 nitrogen and oxygen atoms in total. The van der Waals surface area contributed by atoms with Gasteiger partial charge in [-0.1, -0.05) is 34.1 Å². The quantitative estimate of drug-likeness (QED) is 0.884. The molecule has 2 aromatic rings. The van der Waals surface area contributed by atoms with E-state index < -0.39 is 0 Å². The van der Waals surface area contributed by atoms with Crippen LogP contribution in [0.2, 0.25) is 0 Å². The van der Waals surface area contributed by atoms with Gasteiger partial charge in [0, 0.05) is 17.8 Å². The minimum absolute atomic E-state index is 0.0459. The number of halogens is 1. The van der Waals surface area contributed by atoms with Crippen LogP contribution in [0.1, 0.15) is 23.3 Å². The van der Waals surface area contributed by atoms with Crippen LogP contribution in [0.15, 0.2) is 24.3 Å². The molecule has 1 N–H and O–H groups in total. The predicted octanol–water partition coefficient (Wildman–Crippen LogP) is 2.23. The minimum atomic E-state index is -0.0799. The van der Waals surface area contributed by atoms with E-state index in [1.54, 1.807) is 4.68 Å². The van der Waals surface area contributed by atoms with Gasteiger partial charge in [0.1, 0.15) is 0 Å². The van der Waals surface area contributed by atoms with Gasteiger partial charge in [0.25, 0.3) is 5.91 Å². The summed E-state index contributed by atoms with van der Waals surface area (Å²) in [6.45, 7) is 0. The van der Waals surface area contributed by atoms with E-state index in [2.05, 4.69) is 26.3 Å². The highest BCUT2D eigenvalue weighted by Gasteiger charge is 2.43. The molecule has 3 rings (SSSR count). The highest BCUT2D eigenvalue weighted by atomic mass is 79.9. The molecule has 18 heavy (non-hydrogen) atoms. The van der Waals surface area contributed by atoms with Crippen LogP contribution >= 0.6 is 15.9 Å². The second-order valence-electron chi connectivity index (χ2n) is 4.86. The van der Waals surface area contributed by atoms with Gasteiger partial charge in [0.15, 0.2) is 5.69 Å². The normalized spacial score (nSPS) is 16.8. The van der Waals surface area contributed by atoms with Gasteiger partial charge in [0.2, 0.25) is 0 Å². The summed E-state index contributed by atoms with van der Waals surface area (Å²) in [4.78, 5) is 12.3. The third-order valence-electron chi connectivity index (χ3n) is 3.46. The van der Waals surface area contributed by atoms with E-state index in [0.717, 1.165) is 29.1 Å². The Morgan fingerprint density at radius 3 is 2.89 bits per heavy atom. The molecule has 1 aromatic carbocycles. The molecule has 0 atom stereocenters. The molecule has 1 aliphatic carbocycles. The Balaban J connectivity index is 1.97. The lowest BCUT2D eigenvalue weighted by molar-refractivity contribution is 0.0932. The maximum atomic E-state index is 12.3. The molecule has 1 fully saturated rings. The molecule has 1 aromatic heterocycles. The van der Waals surface area contributed by atoms with Crippen LogP contribution in [-0.2, 0) is 7.05 Å². The van der Waals surface area contributed by atoms with Crippen molar-refractivity contribution in [1.82, 2.24) is 15.1 Å². The van der Waals surface area contributed by atoms with Crippen molar-refractivity contribution in [2.75, 3.05) is 5.33 Å². The highest BCUT2D eigenvalue weighted by molar-refractivity contribution is 9.09. The van der Waals surface area contributed by atoms with E-state index in [1.807, 2.05) is 31.3 Å². The smallest absolute Gasteiger partial charge is 0.272 e. The first kappa shape index (κ1) is 11.7. The zero-order chi connectivity index (χ0) is 12.8. The third kappa shape index (κ3) is 1.82. The number of carbonyl (C=O) groups is 1. The van der Waals surface area contributed by atoms with E-state index in [1.165, 1.54) is 0 Å². The lowest BCUT2D eigenvalue weighted by Crippen LogP contribution is -2.38. The number of hydrogen-bond acceptors (Lipinski definition) is 2. The number of aryl methyl sites for hydroxylation is 1. The largest absolute Gasteiger partial charge is 0.344 e. The van der Waals surface area contributed by atoms with Gasteiger partial charge < -0.3 is 5.32 Å². The van der Waals surface area contributed by atoms with Crippen molar-refractivity contribution >= 4 is 32.7 Å². The van der Waals surface area contributed by atoms with E-state index >= 15 is 0 Å². The second kappa shape index (κ2) is 4.09. The van der Waals surface area contributed by atoms with Crippen molar-refractivity contribution in [2.45, 2.75) is 18.4 Å². The first-order valence-electron chi connectivity index (χ1n) is 5.95. The van der Waals surface area contributed by atoms with E-state index in [0.29, 0.717) is 5.69 Å². The summed E-state index contributed by atoms with van der Waals surface area (Å²) in [5.41, 5.74) is 1.45. The molecule has 1 amide bonds. The monoisotopic (exact) mass is 307 g/mol. The van der Waals surface area contributed by atoms with Crippen molar-refractivity contribution in [1.29, 1.82) is 0 Å². The lowest BCUT2D eigenvalue weighted by atomic mass is 10.2. The first-order chi connectivity index (χ1) is 8.65. The number of rotatable bonds is 3. The van der Waals surface area contributed by atoms with Crippen molar-refractivity contribution < 1.29 is 4.79 Å². The van der Waals surface area contributed by atoms with Crippen LogP contribution in [0.3, 0.4) is 0 Å². The SMILES string of the molecule is Cn1nc(C(=O)NC2(CBr)CC2)c2ccccc21. The summed E-state index contributed by atoms with van der Waals surface area (Å²) in [7, 11) is 1.86. The van der Waals surface area contributed by atoms with Gasteiger partial charge in [-0.15, -0.1) is 0 Å². The van der Waals surface area contributed by atoms with Gasteiger partial charge in [-0.2, -0.15) is 5.10 Å². The van der Waals surface area contributed by atoms with E-state index in [9.17, 15) is 4.79 Å². The molecule has 1 heterocycles. The Labute approximate surface area is 113 Å². The number of carbonyl (C=O) groups excluding carboxylic acids is 1. The number of para-hydroxylation sites is 1. The van der Waals surface area contributed by atoms with Gasteiger partial charge in [-0.05, 0) is 18.9 Å². The van der Waals surface area contributed by atoms with Gasteiger partial charge in [-0.3, -0.25) is 9.48 Å². The standard InChI is InChI=1S/C13H14BrN3O/c1-17-10-5-3-2-4-9(10)11(16-17)12(18)15-13(8-14)6-7-13/h2-5H,6-8H2,1H3,(H,15,18). The fraction of sp³-hybridized carbons (Fsp3) is 0.385. The predicted molar refractivity (Wildman–Crippen MR) is 73.9 cm³/mol. The molecule has 5 heteroatoms. The fourth-order valence-corrected chi connectivity index (χ4v) is 2.83. The van der Waals surface area contributed by atoms with Crippen LogP contribution in [0.4, 0.5) is 0 Å². The zero-order valence-electron chi connectivity index (χ0n) is 10.1. The maximum Gasteiger partial charge on any atom is 0.272 e. The minimum Gasteiger partial charge on any atom is -0.344 e. The number of benzene rings is 1. The van der Waals surface area contributed by atoms with Crippen molar-refractivity contribution in [2.24, 2.45) is 7.05 Å². The van der Waals surface area contributed by atoms with Crippen LogP contribution in [0.25, 0.3) is 10.9 Å². The number of nitrogens with zero attached hydrogens (tertiary/aromatic N) is 2. The summed E-state index contributed by atoms with van der Waals surface area (Å²) in [5, 5.41) is 9.11. The number of nitrogens with one attached hydrogen (secondary N) is 1. The summed E-state index contributed by atoms with van der Waals surface area (Å²) in [5.74, 6) is -0.0799. The van der Waals surface area contributed by atoms with Crippen LogP contribution in [0.5, 0.6) is 0 Å². The van der Waals surface area contributed by atoms with E-state index in [-0.39, 0.29) is 11.4 Å². The molecule has 0 bridgehead atoms. The average Bonchev–Trinajstić information content (AvgIpc) is 3.08. The van der Waals surface area contributed by atoms with Crippen molar-refractivity contribution in [3.8, 4) is 0 Å². The number of aromatic nitrogens is 2. The molecule has 0 aliphatic heterocycles. The van der Waals surface area contributed by atoms with Crippen LogP contribution in [-0.4, -0.2) is 26.6 Å². The molecule has 1 aliphatic rings. The summed E-state index contributed by atoms with van der Waals surface area (Å²) in [6, 6.07) is 7.78. The van der Waals surface area contributed by atoms with Gasteiger partial charge >= 0.3 is 0 Å². The second-order valence-corrected chi connectivity index (χ2v) is 5.42. The number of alkyl halides is 1. The Morgan fingerprint density at radius 2 is 2.22 bits per heavy atom. The molecule has 0 unspecified atom stereocenters. The van der Waals surface area contributed by atoms with Crippen molar-refractivity contribution in [3.05, 3.63) is 30.0 Å². The Bertz CT molecular complexity index is 616. The number of fused-ring (bicyclic) bond motifs is 1. The maximum absolute atomic E-state index is 12.3. The highest BCUT2D eigenvalue weighted by Crippen LogP contribution is 2.37. The Hall–Kier alpha value is -1.36. The van der Waals surface area contributed by atoms with E-state index in [4.69, 9.17) is 0 Å². The summed E-state index contributed by atoms with van der Waals surface area (Å²) < 4.78 is 1.75. The third-order valence-corrected chi connectivity index (χ3v) is 4.53. The lowest BCUT2D eigenvalue weighted by Gasteiger charge is -2.12. The molecule has 94 valence electrons.